The average Bonchev–Trinajstić information content (AvgIpc) is 2.83. The number of nitrogens with one attached hydrogen (secondary N) is 1. The van der Waals surface area contributed by atoms with Gasteiger partial charge in [-0.05, 0) is 24.1 Å². The first-order valence-electron chi connectivity index (χ1n) is 6.23. The summed E-state index contributed by atoms with van der Waals surface area (Å²) in [5.41, 5.74) is 1.53. The molecule has 0 fully saturated rings. The third-order valence-electron chi connectivity index (χ3n) is 2.66. The number of carboxylic acid groups (broad SMARTS) is 1. The third kappa shape index (κ3) is 5.28. The van der Waals surface area contributed by atoms with Crippen molar-refractivity contribution in [1.29, 1.82) is 0 Å². The molecule has 2 aromatic rings. The molecule has 0 aliphatic rings. The van der Waals surface area contributed by atoms with Gasteiger partial charge in [0, 0.05) is 16.3 Å². The van der Waals surface area contributed by atoms with E-state index in [0.29, 0.717) is 23.7 Å². The smallest absolute Gasteiger partial charge is 0.309 e. The molecule has 0 aliphatic carbocycles. The van der Waals surface area contributed by atoms with Crippen LogP contribution in [0.3, 0.4) is 0 Å². The van der Waals surface area contributed by atoms with Crippen LogP contribution in [-0.2, 0) is 22.4 Å². The predicted octanol–water partition coefficient (Wildman–Crippen LogP) is 3.10. The zero-order valence-electron chi connectivity index (χ0n) is 11.0. The Bertz CT molecular complexity index is 657. The number of halogens is 1. The van der Waals surface area contributed by atoms with E-state index in [1.807, 2.05) is 24.3 Å². The van der Waals surface area contributed by atoms with E-state index in [1.165, 1.54) is 11.3 Å². The second-order valence-electron chi connectivity index (χ2n) is 4.39. The number of nitrogens with zero attached hydrogens (tertiary/aromatic N) is 1. The SMILES string of the molecule is O=C(O)Cc1csc(NC(=O)CCc2cccc(Br)c2)n1. The number of hydrogen-bond donors (Lipinski definition) is 2. The first-order valence-corrected chi connectivity index (χ1v) is 7.90. The zero-order valence-corrected chi connectivity index (χ0v) is 13.4. The van der Waals surface area contributed by atoms with Crippen LogP contribution >= 0.6 is 27.3 Å². The van der Waals surface area contributed by atoms with Crippen LogP contribution in [0.4, 0.5) is 5.13 Å². The van der Waals surface area contributed by atoms with E-state index in [-0.39, 0.29) is 12.3 Å². The Kier molecular flexibility index (Phi) is 5.46. The summed E-state index contributed by atoms with van der Waals surface area (Å²) >= 11 is 4.62. The fourth-order valence-corrected chi connectivity index (χ4v) is 2.91. The molecule has 5 nitrogen and oxygen atoms in total. The van der Waals surface area contributed by atoms with Crippen molar-refractivity contribution in [3.05, 3.63) is 45.4 Å². The number of carbonyl (C=O) groups is 2. The topological polar surface area (TPSA) is 79.3 Å². The standard InChI is InChI=1S/C14H13BrN2O3S/c15-10-3-1-2-9(6-10)4-5-12(18)17-14-16-11(8-21-14)7-13(19)20/h1-3,6,8H,4-5,7H2,(H,19,20)(H,16,17,18). The number of anilines is 1. The molecule has 0 unspecified atom stereocenters. The highest BCUT2D eigenvalue weighted by Gasteiger charge is 2.09. The molecule has 21 heavy (non-hydrogen) atoms. The van der Waals surface area contributed by atoms with Gasteiger partial charge in [0.05, 0.1) is 12.1 Å². The van der Waals surface area contributed by atoms with Crippen molar-refractivity contribution in [2.45, 2.75) is 19.3 Å². The maximum atomic E-state index is 11.8. The van der Waals surface area contributed by atoms with Crippen LogP contribution < -0.4 is 5.32 Å². The van der Waals surface area contributed by atoms with Gasteiger partial charge in [0.25, 0.3) is 0 Å². The second kappa shape index (κ2) is 7.33. The molecular formula is C14H13BrN2O3S. The molecule has 0 bridgehead atoms. The minimum Gasteiger partial charge on any atom is -0.481 e. The Morgan fingerprint density at radius 3 is 2.90 bits per heavy atom. The Morgan fingerprint density at radius 2 is 2.19 bits per heavy atom. The van der Waals surface area contributed by atoms with Crippen LogP contribution in [-0.4, -0.2) is 22.0 Å². The molecule has 0 radical (unpaired) electrons. The Labute approximate surface area is 134 Å². The molecule has 2 N–H and O–H groups in total. The summed E-state index contributed by atoms with van der Waals surface area (Å²) in [4.78, 5) is 26.4. The van der Waals surface area contributed by atoms with Crippen LogP contribution in [0, 0.1) is 0 Å². The summed E-state index contributed by atoms with van der Waals surface area (Å²) in [5.74, 6) is -1.07. The molecule has 7 heteroatoms. The van der Waals surface area contributed by atoms with E-state index in [2.05, 4.69) is 26.2 Å². The van der Waals surface area contributed by atoms with Gasteiger partial charge in [-0.3, -0.25) is 9.59 Å². The molecule has 110 valence electrons. The second-order valence-corrected chi connectivity index (χ2v) is 6.17. The van der Waals surface area contributed by atoms with E-state index in [4.69, 9.17) is 5.11 Å². The Balaban J connectivity index is 1.84. The summed E-state index contributed by atoms with van der Waals surface area (Å²) in [6, 6.07) is 7.80. The van der Waals surface area contributed by atoms with E-state index in [0.717, 1.165) is 10.0 Å². The van der Waals surface area contributed by atoms with Crippen molar-refractivity contribution in [3.8, 4) is 0 Å². The number of benzene rings is 1. The van der Waals surface area contributed by atoms with Gasteiger partial charge in [0.1, 0.15) is 0 Å². The highest BCUT2D eigenvalue weighted by Crippen LogP contribution is 2.17. The van der Waals surface area contributed by atoms with E-state index >= 15 is 0 Å². The Hall–Kier alpha value is -1.73. The summed E-state index contributed by atoms with van der Waals surface area (Å²) in [6.07, 6.45) is 0.855. The van der Waals surface area contributed by atoms with Crippen molar-refractivity contribution in [3.63, 3.8) is 0 Å². The van der Waals surface area contributed by atoms with E-state index in [1.54, 1.807) is 5.38 Å². The van der Waals surface area contributed by atoms with Gasteiger partial charge in [-0.25, -0.2) is 4.98 Å². The van der Waals surface area contributed by atoms with Crippen LogP contribution in [0.5, 0.6) is 0 Å². The number of carbonyl (C=O) groups excluding carboxylic acids is 1. The molecule has 1 amide bonds. The first kappa shape index (κ1) is 15.7. The quantitative estimate of drug-likeness (QED) is 0.820. The maximum Gasteiger partial charge on any atom is 0.309 e. The average molecular weight is 369 g/mol. The third-order valence-corrected chi connectivity index (χ3v) is 3.96. The van der Waals surface area contributed by atoms with Crippen molar-refractivity contribution < 1.29 is 14.7 Å². The molecule has 0 aliphatic heterocycles. The van der Waals surface area contributed by atoms with Gasteiger partial charge in [-0.2, -0.15) is 0 Å². The number of thiazole rings is 1. The number of hydrogen-bond acceptors (Lipinski definition) is 4. The number of carboxylic acids is 1. The fourth-order valence-electron chi connectivity index (χ4n) is 1.73. The van der Waals surface area contributed by atoms with Crippen molar-refractivity contribution in [2.75, 3.05) is 5.32 Å². The molecule has 0 atom stereocenters. The predicted molar refractivity (Wildman–Crippen MR) is 84.5 cm³/mol. The largest absolute Gasteiger partial charge is 0.481 e. The zero-order chi connectivity index (χ0) is 15.2. The van der Waals surface area contributed by atoms with Crippen LogP contribution in [0.2, 0.25) is 0 Å². The van der Waals surface area contributed by atoms with Gasteiger partial charge >= 0.3 is 5.97 Å². The van der Waals surface area contributed by atoms with Crippen LogP contribution in [0.15, 0.2) is 34.1 Å². The number of aliphatic carboxylic acids is 1. The molecule has 1 aromatic heterocycles. The van der Waals surface area contributed by atoms with E-state index < -0.39 is 5.97 Å². The minimum atomic E-state index is -0.937. The van der Waals surface area contributed by atoms with Gasteiger partial charge in [-0.1, -0.05) is 28.1 Å². The van der Waals surface area contributed by atoms with Gasteiger partial charge in [0.15, 0.2) is 5.13 Å². The number of aryl methyl sites for hydroxylation is 1. The Morgan fingerprint density at radius 1 is 1.38 bits per heavy atom. The van der Waals surface area contributed by atoms with Crippen molar-refractivity contribution in [2.24, 2.45) is 0 Å². The normalized spacial score (nSPS) is 10.3. The van der Waals surface area contributed by atoms with Gasteiger partial charge in [-0.15, -0.1) is 11.3 Å². The summed E-state index contributed by atoms with van der Waals surface area (Å²) in [7, 11) is 0. The lowest BCUT2D eigenvalue weighted by Crippen LogP contribution is -2.12. The van der Waals surface area contributed by atoms with Crippen molar-refractivity contribution >= 4 is 44.3 Å². The molecule has 1 heterocycles. The highest BCUT2D eigenvalue weighted by molar-refractivity contribution is 9.10. The van der Waals surface area contributed by atoms with Gasteiger partial charge in [0.2, 0.25) is 5.91 Å². The first-order chi connectivity index (χ1) is 10.0. The van der Waals surface area contributed by atoms with Gasteiger partial charge < -0.3 is 10.4 Å². The molecule has 0 spiro atoms. The molecular weight excluding hydrogens is 356 g/mol. The maximum absolute atomic E-state index is 11.8. The lowest BCUT2D eigenvalue weighted by atomic mass is 10.1. The van der Waals surface area contributed by atoms with Crippen LogP contribution in [0.1, 0.15) is 17.7 Å². The summed E-state index contributed by atoms with van der Waals surface area (Å²) in [5, 5.41) is 13.4. The molecule has 2 rings (SSSR count). The summed E-state index contributed by atoms with van der Waals surface area (Å²) < 4.78 is 0.985. The molecule has 0 saturated carbocycles. The fraction of sp³-hybridized carbons (Fsp3) is 0.214. The number of aromatic nitrogens is 1. The number of rotatable bonds is 6. The highest BCUT2D eigenvalue weighted by atomic mass is 79.9. The van der Waals surface area contributed by atoms with Crippen molar-refractivity contribution in [1.82, 2.24) is 4.98 Å². The molecule has 1 aromatic carbocycles. The van der Waals surface area contributed by atoms with Crippen LogP contribution in [0.25, 0.3) is 0 Å². The lowest BCUT2D eigenvalue weighted by Gasteiger charge is -2.02. The lowest BCUT2D eigenvalue weighted by molar-refractivity contribution is -0.136. The monoisotopic (exact) mass is 368 g/mol. The number of amides is 1. The molecule has 0 saturated heterocycles. The minimum absolute atomic E-state index is 0.133. The summed E-state index contributed by atoms with van der Waals surface area (Å²) in [6.45, 7) is 0. The van der Waals surface area contributed by atoms with E-state index in [9.17, 15) is 9.59 Å².